The van der Waals surface area contributed by atoms with E-state index in [1.54, 1.807) is 0 Å². The summed E-state index contributed by atoms with van der Waals surface area (Å²) in [5.74, 6) is 0. The first kappa shape index (κ1) is 15.2. The Bertz CT molecular complexity index is 244. The van der Waals surface area contributed by atoms with Crippen LogP contribution < -0.4 is 5.32 Å². The highest BCUT2D eigenvalue weighted by Crippen LogP contribution is 2.28. The van der Waals surface area contributed by atoms with E-state index in [9.17, 15) is 0 Å². The van der Waals surface area contributed by atoms with E-state index in [0.29, 0.717) is 12.1 Å². The summed E-state index contributed by atoms with van der Waals surface area (Å²) in [6, 6.07) is 0.473. The van der Waals surface area contributed by atoms with Crippen LogP contribution in [0.25, 0.3) is 0 Å². The van der Waals surface area contributed by atoms with Crippen molar-refractivity contribution in [3.63, 3.8) is 0 Å². The van der Waals surface area contributed by atoms with Gasteiger partial charge in [0.25, 0.3) is 0 Å². The Morgan fingerprint density at radius 2 is 2.11 bits per heavy atom. The van der Waals surface area contributed by atoms with Crippen molar-refractivity contribution in [2.75, 3.05) is 26.4 Å². The number of hydrogen-bond acceptors (Lipinski definition) is 4. The molecule has 0 aromatic heterocycles. The lowest BCUT2D eigenvalue weighted by atomic mass is 9.85. The molecule has 0 aromatic carbocycles. The summed E-state index contributed by atoms with van der Waals surface area (Å²) in [6.45, 7) is 7.87. The molecule has 0 spiro atoms. The van der Waals surface area contributed by atoms with Crippen molar-refractivity contribution in [2.45, 2.75) is 70.3 Å². The molecule has 4 atom stereocenters. The lowest BCUT2D eigenvalue weighted by Crippen LogP contribution is -2.60. The van der Waals surface area contributed by atoms with Gasteiger partial charge in [-0.1, -0.05) is 13.8 Å². The lowest BCUT2D eigenvalue weighted by molar-refractivity contribution is -0.158. The van der Waals surface area contributed by atoms with Gasteiger partial charge in [-0.2, -0.15) is 0 Å². The number of hydrogen-bond donors (Lipinski definition) is 1. The molecule has 4 heteroatoms. The lowest BCUT2D eigenvalue weighted by Gasteiger charge is -2.44. The normalized spacial score (nSPS) is 34.4. The van der Waals surface area contributed by atoms with Gasteiger partial charge in [0.2, 0.25) is 0 Å². The van der Waals surface area contributed by atoms with Crippen molar-refractivity contribution in [3.05, 3.63) is 0 Å². The molecule has 1 aliphatic carbocycles. The van der Waals surface area contributed by atoms with E-state index < -0.39 is 0 Å². The standard InChI is InChI=1S/C15H29NO3/c1-3-7-16-13-10-14(15(13)18-8-4-2)19-11-12-6-5-9-17-12/h12-16H,3-11H2,1-2H3. The molecule has 0 radical (unpaired) electrons. The largest absolute Gasteiger partial charge is 0.376 e. The molecular weight excluding hydrogens is 242 g/mol. The predicted octanol–water partition coefficient (Wildman–Crippen LogP) is 2.12. The monoisotopic (exact) mass is 271 g/mol. The zero-order valence-corrected chi connectivity index (χ0v) is 12.4. The van der Waals surface area contributed by atoms with Crippen molar-refractivity contribution in [1.82, 2.24) is 5.32 Å². The maximum Gasteiger partial charge on any atom is 0.0990 e. The third-order valence-corrected chi connectivity index (χ3v) is 3.94. The van der Waals surface area contributed by atoms with Gasteiger partial charge in [-0.05, 0) is 38.6 Å². The van der Waals surface area contributed by atoms with Gasteiger partial charge in [0.1, 0.15) is 0 Å². The summed E-state index contributed by atoms with van der Waals surface area (Å²) in [7, 11) is 0. The highest BCUT2D eigenvalue weighted by Gasteiger charge is 2.42. The maximum absolute atomic E-state index is 5.99. The molecule has 4 unspecified atom stereocenters. The topological polar surface area (TPSA) is 39.7 Å². The molecule has 0 amide bonds. The molecule has 2 aliphatic rings. The number of rotatable bonds is 9. The van der Waals surface area contributed by atoms with Crippen molar-refractivity contribution in [2.24, 2.45) is 0 Å². The molecule has 1 aliphatic heterocycles. The summed E-state index contributed by atoms with van der Waals surface area (Å²) in [6.07, 6.45) is 6.42. The van der Waals surface area contributed by atoms with E-state index in [4.69, 9.17) is 14.2 Å². The third-order valence-electron chi connectivity index (χ3n) is 3.94. The van der Waals surface area contributed by atoms with Crippen LogP contribution in [0.4, 0.5) is 0 Å². The van der Waals surface area contributed by atoms with Gasteiger partial charge in [-0.25, -0.2) is 0 Å². The van der Waals surface area contributed by atoms with Gasteiger partial charge in [0.05, 0.1) is 24.9 Å². The van der Waals surface area contributed by atoms with Gasteiger partial charge in [-0.15, -0.1) is 0 Å². The van der Waals surface area contributed by atoms with Crippen LogP contribution in [0.1, 0.15) is 46.0 Å². The fourth-order valence-corrected chi connectivity index (χ4v) is 2.76. The Hall–Kier alpha value is -0.160. The molecule has 1 N–H and O–H groups in total. The molecule has 2 fully saturated rings. The van der Waals surface area contributed by atoms with Crippen LogP contribution >= 0.6 is 0 Å². The number of ether oxygens (including phenoxy) is 3. The fourth-order valence-electron chi connectivity index (χ4n) is 2.76. The highest BCUT2D eigenvalue weighted by molar-refractivity contribution is 4.97. The Labute approximate surface area is 117 Å². The Morgan fingerprint density at radius 1 is 1.21 bits per heavy atom. The minimum atomic E-state index is 0.230. The molecule has 112 valence electrons. The summed E-state index contributed by atoms with van der Waals surface area (Å²) in [5, 5.41) is 3.55. The Balaban J connectivity index is 1.69. The maximum atomic E-state index is 5.99. The van der Waals surface area contributed by atoms with Gasteiger partial charge < -0.3 is 19.5 Å². The third kappa shape index (κ3) is 4.42. The van der Waals surface area contributed by atoms with Crippen LogP contribution in [-0.4, -0.2) is 50.7 Å². The van der Waals surface area contributed by atoms with E-state index in [-0.39, 0.29) is 12.2 Å². The first-order valence-corrected chi connectivity index (χ1v) is 7.93. The van der Waals surface area contributed by atoms with E-state index in [2.05, 4.69) is 19.2 Å². The van der Waals surface area contributed by atoms with Crippen molar-refractivity contribution < 1.29 is 14.2 Å². The predicted molar refractivity (Wildman–Crippen MR) is 75.4 cm³/mol. The van der Waals surface area contributed by atoms with Crippen LogP contribution in [0.5, 0.6) is 0 Å². The van der Waals surface area contributed by atoms with E-state index in [0.717, 1.165) is 45.6 Å². The van der Waals surface area contributed by atoms with Crippen LogP contribution in [-0.2, 0) is 14.2 Å². The van der Waals surface area contributed by atoms with Crippen LogP contribution in [0.2, 0.25) is 0 Å². The summed E-state index contributed by atoms with van der Waals surface area (Å²) in [4.78, 5) is 0. The van der Waals surface area contributed by atoms with Crippen molar-refractivity contribution in [1.29, 1.82) is 0 Å². The van der Waals surface area contributed by atoms with Crippen molar-refractivity contribution in [3.8, 4) is 0 Å². The molecule has 19 heavy (non-hydrogen) atoms. The van der Waals surface area contributed by atoms with Gasteiger partial charge in [0.15, 0.2) is 0 Å². The average Bonchev–Trinajstić information content (AvgIpc) is 2.90. The van der Waals surface area contributed by atoms with Crippen LogP contribution in [0.15, 0.2) is 0 Å². The molecule has 4 nitrogen and oxygen atoms in total. The SMILES string of the molecule is CCCNC1CC(OCC2CCCO2)C1OCCC. The Morgan fingerprint density at radius 3 is 2.79 bits per heavy atom. The minimum absolute atomic E-state index is 0.230. The number of nitrogens with one attached hydrogen (secondary N) is 1. The second-order valence-corrected chi connectivity index (χ2v) is 5.64. The molecule has 0 aromatic rings. The highest BCUT2D eigenvalue weighted by atomic mass is 16.6. The molecule has 1 saturated heterocycles. The molecule has 1 heterocycles. The Kier molecular flexibility index (Phi) is 6.57. The molecular formula is C15H29NO3. The summed E-state index contributed by atoms with van der Waals surface area (Å²) in [5.41, 5.74) is 0. The van der Waals surface area contributed by atoms with Crippen LogP contribution in [0.3, 0.4) is 0 Å². The summed E-state index contributed by atoms with van der Waals surface area (Å²) >= 11 is 0. The zero-order chi connectivity index (χ0) is 13.5. The van der Waals surface area contributed by atoms with E-state index in [1.165, 1.54) is 12.8 Å². The van der Waals surface area contributed by atoms with E-state index >= 15 is 0 Å². The van der Waals surface area contributed by atoms with E-state index in [1.807, 2.05) is 0 Å². The first-order valence-electron chi connectivity index (χ1n) is 7.93. The fraction of sp³-hybridized carbons (Fsp3) is 1.00. The summed E-state index contributed by atoms with van der Waals surface area (Å²) < 4.78 is 17.5. The van der Waals surface area contributed by atoms with Gasteiger partial charge >= 0.3 is 0 Å². The zero-order valence-electron chi connectivity index (χ0n) is 12.4. The minimum Gasteiger partial charge on any atom is -0.376 e. The molecule has 1 saturated carbocycles. The average molecular weight is 271 g/mol. The molecule has 2 rings (SSSR count). The second kappa shape index (κ2) is 8.20. The van der Waals surface area contributed by atoms with Gasteiger partial charge in [0, 0.05) is 19.3 Å². The smallest absolute Gasteiger partial charge is 0.0990 e. The van der Waals surface area contributed by atoms with Gasteiger partial charge in [-0.3, -0.25) is 0 Å². The van der Waals surface area contributed by atoms with Crippen molar-refractivity contribution >= 4 is 0 Å². The van der Waals surface area contributed by atoms with Crippen LogP contribution in [0, 0.1) is 0 Å². The quantitative estimate of drug-likeness (QED) is 0.697. The second-order valence-electron chi connectivity index (χ2n) is 5.64. The molecule has 0 bridgehead atoms. The first-order chi connectivity index (χ1) is 9.35.